The molecule has 2 unspecified atom stereocenters. The summed E-state index contributed by atoms with van der Waals surface area (Å²) >= 11 is 0. The largest absolute Gasteiger partial charge is 0.464 e. The first kappa shape index (κ1) is 12.9. The molecule has 3 rings (SSSR count). The number of furan rings is 1. The monoisotopic (exact) mass is 266 g/mol. The number of nitrogens with zero attached hydrogens (tertiary/aromatic N) is 1. The first-order valence-corrected chi connectivity index (χ1v) is 6.84. The Morgan fingerprint density at radius 3 is 2.60 bits per heavy atom. The third-order valence-corrected chi connectivity index (χ3v) is 3.89. The lowest BCUT2D eigenvalue weighted by molar-refractivity contribution is 0.499. The number of benzene rings is 1. The highest BCUT2D eigenvalue weighted by molar-refractivity contribution is 5.81. The molecule has 2 atom stereocenters. The Bertz CT molecular complexity index is 690. The van der Waals surface area contributed by atoms with Gasteiger partial charge in [0.1, 0.15) is 5.58 Å². The van der Waals surface area contributed by atoms with E-state index in [-0.39, 0.29) is 6.04 Å². The number of para-hydroxylation sites is 1. The minimum Gasteiger partial charge on any atom is -0.464 e. The fraction of sp³-hybridized carbons (Fsp3) is 0.235. The number of hydrogen-bond acceptors (Lipinski definition) is 3. The summed E-state index contributed by atoms with van der Waals surface area (Å²) in [6, 6.07) is 12.5. The van der Waals surface area contributed by atoms with Crippen LogP contribution in [0.4, 0.5) is 0 Å². The molecular formula is C17H18N2O. The van der Waals surface area contributed by atoms with Crippen molar-refractivity contribution in [3.8, 4) is 0 Å². The van der Waals surface area contributed by atoms with E-state index in [1.807, 2.05) is 43.9 Å². The normalized spacial score (nSPS) is 14.3. The molecule has 3 aromatic rings. The van der Waals surface area contributed by atoms with Crippen LogP contribution in [0.3, 0.4) is 0 Å². The highest BCUT2D eigenvalue weighted by atomic mass is 16.3. The van der Waals surface area contributed by atoms with Crippen LogP contribution in [0.15, 0.2) is 59.5 Å². The first-order valence-electron chi connectivity index (χ1n) is 6.84. The second-order valence-electron chi connectivity index (χ2n) is 5.02. The van der Waals surface area contributed by atoms with Crippen molar-refractivity contribution in [1.82, 2.24) is 10.3 Å². The Balaban J connectivity index is 2.01. The molecule has 2 aromatic heterocycles. The molecule has 0 radical (unpaired) electrons. The number of fused-ring (bicyclic) bond motifs is 1. The van der Waals surface area contributed by atoms with Crippen LogP contribution in [0.1, 0.15) is 30.0 Å². The van der Waals surface area contributed by atoms with E-state index in [1.54, 1.807) is 0 Å². The van der Waals surface area contributed by atoms with Gasteiger partial charge in [0, 0.05) is 35.3 Å². The van der Waals surface area contributed by atoms with Crippen molar-refractivity contribution in [2.75, 3.05) is 7.05 Å². The number of pyridine rings is 1. The van der Waals surface area contributed by atoms with Crippen LogP contribution in [0, 0.1) is 0 Å². The van der Waals surface area contributed by atoms with Crippen molar-refractivity contribution < 1.29 is 4.42 Å². The van der Waals surface area contributed by atoms with Crippen molar-refractivity contribution in [1.29, 1.82) is 0 Å². The molecule has 0 saturated heterocycles. The Morgan fingerprint density at radius 1 is 1.10 bits per heavy atom. The first-order chi connectivity index (χ1) is 9.81. The Kier molecular flexibility index (Phi) is 3.52. The minimum absolute atomic E-state index is 0.209. The van der Waals surface area contributed by atoms with Crippen molar-refractivity contribution in [3.05, 3.63) is 66.2 Å². The van der Waals surface area contributed by atoms with Gasteiger partial charge in [-0.25, -0.2) is 0 Å². The van der Waals surface area contributed by atoms with Crippen LogP contribution in [0.25, 0.3) is 11.0 Å². The van der Waals surface area contributed by atoms with Gasteiger partial charge in [0.25, 0.3) is 0 Å². The Labute approximate surface area is 118 Å². The van der Waals surface area contributed by atoms with Crippen LogP contribution < -0.4 is 5.32 Å². The predicted molar refractivity (Wildman–Crippen MR) is 80.7 cm³/mol. The van der Waals surface area contributed by atoms with Crippen molar-refractivity contribution in [3.63, 3.8) is 0 Å². The molecule has 0 aliphatic rings. The molecule has 1 N–H and O–H groups in total. The fourth-order valence-corrected chi connectivity index (χ4v) is 2.77. The summed E-state index contributed by atoms with van der Waals surface area (Å²) in [4.78, 5) is 4.09. The summed E-state index contributed by atoms with van der Waals surface area (Å²) in [7, 11) is 1.99. The molecule has 2 heterocycles. The van der Waals surface area contributed by atoms with Crippen LogP contribution in [-0.4, -0.2) is 12.0 Å². The molecule has 0 aliphatic carbocycles. The third kappa shape index (κ3) is 2.21. The average molecular weight is 266 g/mol. The van der Waals surface area contributed by atoms with Gasteiger partial charge in [-0.1, -0.05) is 25.1 Å². The van der Waals surface area contributed by atoms with Gasteiger partial charge in [0.15, 0.2) is 0 Å². The molecule has 0 saturated carbocycles. The number of likely N-dealkylation sites (N-methyl/N-ethyl adjacent to an activating group) is 1. The molecule has 3 heteroatoms. The van der Waals surface area contributed by atoms with Gasteiger partial charge in [-0.3, -0.25) is 4.98 Å². The van der Waals surface area contributed by atoms with E-state index in [1.165, 1.54) is 16.5 Å². The number of rotatable bonds is 4. The highest BCUT2D eigenvalue weighted by Crippen LogP contribution is 2.35. The summed E-state index contributed by atoms with van der Waals surface area (Å²) in [6.07, 6.45) is 5.54. The second kappa shape index (κ2) is 5.47. The molecule has 3 nitrogen and oxygen atoms in total. The van der Waals surface area contributed by atoms with Crippen molar-refractivity contribution in [2.45, 2.75) is 18.9 Å². The smallest absolute Gasteiger partial charge is 0.134 e. The highest BCUT2D eigenvalue weighted by Gasteiger charge is 2.22. The topological polar surface area (TPSA) is 38.1 Å². The summed E-state index contributed by atoms with van der Waals surface area (Å²) in [6.45, 7) is 2.22. The lowest BCUT2D eigenvalue weighted by atomic mass is 9.89. The zero-order chi connectivity index (χ0) is 13.9. The quantitative estimate of drug-likeness (QED) is 0.778. The maximum absolute atomic E-state index is 5.67. The number of hydrogen-bond donors (Lipinski definition) is 1. The van der Waals surface area contributed by atoms with E-state index in [9.17, 15) is 0 Å². The van der Waals surface area contributed by atoms with Gasteiger partial charge in [0.2, 0.25) is 0 Å². The standard InChI is InChI=1S/C17H18N2O/c1-12(13-7-9-19-10-8-13)17(18-2)15-11-20-16-6-4-3-5-14(15)16/h3-12,17-18H,1-2H3. The molecule has 20 heavy (non-hydrogen) atoms. The van der Waals surface area contributed by atoms with Gasteiger partial charge in [-0.15, -0.1) is 0 Å². The van der Waals surface area contributed by atoms with Gasteiger partial charge in [-0.2, -0.15) is 0 Å². The van der Waals surface area contributed by atoms with Crippen LogP contribution in [0.5, 0.6) is 0 Å². The van der Waals surface area contributed by atoms with Crippen LogP contribution >= 0.6 is 0 Å². The van der Waals surface area contributed by atoms with Gasteiger partial charge >= 0.3 is 0 Å². The zero-order valence-electron chi connectivity index (χ0n) is 11.7. The predicted octanol–water partition coefficient (Wildman–Crippen LogP) is 3.89. The molecule has 0 aliphatic heterocycles. The van der Waals surface area contributed by atoms with E-state index in [0.29, 0.717) is 5.92 Å². The number of aromatic nitrogens is 1. The molecule has 0 amide bonds. The van der Waals surface area contributed by atoms with E-state index in [0.717, 1.165) is 5.58 Å². The summed E-state index contributed by atoms with van der Waals surface area (Å²) < 4.78 is 5.67. The van der Waals surface area contributed by atoms with Gasteiger partial charge in [0.05, 0.1) is 6.26 Å². The van der Waals surface area contributed by atoms with E-state index in [2.05, 4.69) is 35.4 Å². The fourth-order valence-electron chi connectivity index (χ4n) is 2.77. The summed E-state index contributed by atoms with van der Waals surface area (Å²) in [5.41, 5.74) is 3.40. The van der Waals surface area contributed by atoms with Gasteiger partial charge in [-0.05, 0) is 30.8 Å². The summed E-state index contributed by atoms with van der Waals surface area (Å²) in [5, 5.41) is 4.59. The van der Waals surface area contributed by atoms with Gasteiger partial charge < -0.3 is 9.73 Å². The molecule has 0 bridgehead atoms. The maximum Gasteiger partial charge on any atom is 0.134 e. The number of nitrogens with one attached hydrogen (secondary N) is 1. The molecule has 1 aromatic carbocycles. The van der Waals surface area contributed by atoms with Crippen LogP contribution in [-0.2, 0) is 0 Å². The lowest BCUT2D eigenvalue weighted by Gasteiger charge is -2.23. The second-order valence-corrected chi connectivity index (χ2v) is 5.02. The molecule has 0 fully saturated rings. The van der Waals surface area contributed by atoms with Crippen LogP contribution in [0.2, 0.25) is 0 Å². The minimum atomic E-state index is 0.209. The summed E-state index contributed by atoms with van der Waals surface area (Å²) in [5.74, 6) is 0.337. The van der Waals surface area contributed by atoms with Crippen molar-refractivity contribution >= 4 is 11.0 Å². The molecule has 0 spiro atoms. The lowest BCUT2D eigenvalue weighted by Crippen LogP contribution is -2.22. The van der Waals surface area contributed by atoms with E-state index in [4.69, 9.17) is 4.42 Å². The van der Waals surface area contributed by atoms with Crippen molar-refractivity contribution in [2.24, 2.45) is 0 Å². The van der Waals surface area contributed by atoms with E-state index < -0.39 is 0 Å². The Morgan fingerprint density at radius 2 is 1.85 bits per heavy atom. The molecule has 102 valence electrons. The van der Waals surface area contributed by atoms with E-state index >= 15 is 0 Å². The maximum atomic E-state index is 5.67. The Hall–Kier alpha value is -2.13. The third-order valence-electron chi connectivity index (χ3n) is 3.89. The SMILES string of the molecule is CNC(c1coc2ccccc12)C(C)c1ccncc1. The zero-order valence-corrected chi connectivity index (χ0v) is 11.7. The molecular weight excluding hydrogens is 248 g/mol. The average Bonchev–Trinajstić information content (AvgIpc) is 2.93.